The van der Waals surface area contributed by atoms with E-state index in [1.807, 2.05) is 16.9 Å². The zero-order valence-corrected chi connectivity index (χ0v) is 18.4. The summed E-state index contributed by atoms with van der Waals surface area (Å²) in [6.45, 7) is 13.4. The highest BCUT2D eigenvalue weighted by molar-refractivity contribution is 5.86. The molecule has 1 N–H and O–H groups in total. The molecule has 2 aliphatic rings. The minimum absolute atomic E-state index is 0. The Morgan fingerprint density at radius 2 is 1.74 bits per heavy atom. The maximum atomic E-state index is 13.4. The molecule has 1 aromatic heterocycles. The maximum Gasteiger partial charge on any atom is 0.250 e. The van der Waals surface area contributed by atoms with Crippen molar-refractivity contribution in [3.63, 3.8) is 0 Å². The number of rotatable bonds is 4. The maximum absolute atomic E-state index is 13.4. The van der Waals surface area contributed by atoms with Crippen molar-refractivity contribution in [3.05, 3.63) is 18.5 Å². The monoisotopic (exact) mass is 419 g/mol. The van der Waals surface area contributed by atoms with Crippen LogP contribution in [0.15, 0.2) is 18.5 Å². The number of halogens is 2. The molecule has 2 fully saturated rings. The van der Waals surface area contributed by atoms with Gasteiger partial charge in [-0.3, -0.25) is 14.4 Å². The number of carbonyl (C=O) groups excluding carboxylic acids is 1. The van der Waals surface area contributed by atoms with Crippen molar-refractivity contribution in [2.24, 2.45) is 5.41 Å². The van der Waals surface area contributed by atoms with Crippen molar-refractivity contribution in [2.45, 2.75) is 45.6 Å². The van der Waals surface area contributed by atoms with Crippen molar-refractivity contribution in [2.75, 3.05) is 45.8 Å². The Morgan fingerprint density at radius 3 is 2.26 bits per heavy atom. The quantitative estimate of drug-likeness (QED) is 0.813. The minimum Gasteiger partial charge on any atom is -0.338 e. The first-order valence-electron chi connectivity index (χ1n) is 9.63. The molecule has 1 aromatic rings. The average molecular weight is 420 g/mol. The molecule has 0 atom stereocenters. The summed E-state index contributed by atoms with van der Waals surface area (Å²) in [6, 6.07) is 1.92. The van der Waals surface area contributed by atoms with Gasteiger partial charge in [0.05, 0.1) is 0 Å². The number of nitrogens with one attached hydrogen (secondary N) is 1. The molecule has 27 heavy (non-hydrogen) atoms. The van der Waals surface area contributed by atoms with Gasteiger partial charge >= 0.3 is 0 Å². The highest BCUT2D eigenvalue weighted by Gasteiger charge is 2.44. The molecule has 3 heterocycles. The predicted molar refractivity (Wildman–Crippen MR) is 114 cm³/mol. The van der Waals surface area contributed by atoms with Crippen LogP contribution in [-0.4, -0.2) is 71.3 Å². The summed E-state index contributed by atoms with van der Waals surface area (Å²) >= 11 is 0. The second-order valence-corrected chi connectivity index (χ2v) is 8.68. The van der Waals surface area contributed by atoms with E-state index in [0.29, 0.717) is 5.41 Å². The van der Waals surface area contributed by atoms with E-state index in [-0.39, 0.29) is 30.7 Å². The molecule has 2 aliphatic heterocycles. The van der Waals surface area contributed by atoms with Gasteiger partial charge in [-0.25, -0.2) is 0 Å². The van der Waals surface area contributed by atoms with Crippen LogP contribution in [0.2, 0.25) is 0 Å². The molecular weight excluding hydrogens is 385 g/mol. The molecule has 1 amide bonds. The van der Waals surface area contributed by atoms with Crippen molar-refractivity contribution < 1.29 is 4.79 Å². The van der Waals surface area contributed by atoms with Gasteiger partial charge in [-0.1, -0.05) is 20.8 Å². The lowest BCUT2D eigenvalue weighted by atomic mass is 9.86. The van der Waals surface area contributed by atoms with Crippen LogP contribution in [0, 0.1) is 5.41 Å². The third-order valence-corrected chi connectivity index (χ3v) is 5.61. The first-order chi connectivity index (χ1) is 11.9. The van der Waals surface area contributed by atoms with Crippen molar-refractivity contribution in [1.82, 2.24) is 24.9 Å². The fraction of sp³-hybridized carbons (Fsp3) is 0.789. The molecule has 0 unspecified atom stereocenters. The highest BCUT2D eigenvalue weighted by atomic mass is 35.5. The minimum atomic E-state index is -0.498. The van der Waals surface area contributed by atoms with Crippen LogP contribution >= 0.6 is 24.8 Å². The molecule has 0 aliphatic carbocycles. The van der Waals surface area contributed by atoms with Crippen LogP contribution in [-0.2, 0) is 10.3 Å². The first-order valence-corrected chi connectivity index (χ1v) is 9.63. The summed E-state index contributed by atoms with van der Waals surface area (Å²) < 4.78 is 1.90. The lowest BCUT2D eigenvalue weighted by Crippen LogP contribution is -2.59. The van der Waals surface area contributed by atoms with Crippen LogP contribution in [0.1, 0.15) is 40.0 Å². The normalized spacial score (nSPS) is 20.5. The van der Waals surface area contributed by atoms with Gasteiger partial charge in [-0.2, -0.15) is 5.10 Å². The second-order valence-electron chi connectivity index (χ2n) is 8.68. The second kappa shape index (κ2) is 10.1. The van der Waals surface area contributed by atoms with E-state index in [9.17, 15) is 4.79 Å². The van der Waals surface area contributed by atoms with Gasteiger partial charge in [0.15, 0.2) is 0 Å². The fourth-order valence-corrected chi connectivity index (χ4v) is 3.87. The van der Waals surface area contributed by atoms with Crippen LogP contribution in [0.4, 0.5) is 0 Å². The first kappa shape index (κ1) is 24.2. The van der Waals surface area contributed by atoms with E-state index >= 15 is 0 Å². The molecule has 2 saturated heterocycles. The number of hydrogen-bond donors (Lipinski definition) is 1. The van der Waals surface area contributed by atoms with Crippen LogP contribution in [0.3, 0.4) is 0 Å². The summed E-state index contributed by atoms with van der Waals surface area (Å²) in [5.74, 6) is 0.258. The summed E-state index contributed by atoms with van der Waals surface area (Å²) in [7, 11) is 0. The molecular formula is C19H35Cl2N5O. The number of piperazine rings is 1. The largest absolute Gasteiger partial charge is 0.338 e. The van der Waals surface area contributed by atoms with E-state index in [2.05, 4.69) is 41.0 Å². The summed E-state index contributed by atoms with van der Waals surface area (Å²) in [6.07, 6.45) is 6.56. The molecule has 8 heteroatoms. The molecule has 0 saturated carbocycles. The number of amides is 1. The molecule has 6 nitrogen and oxygen atoms in total. The van der Waals surface area contributed by atoms with E-state index in [4.69, 9.17) is 0 Å². The topological polar surface area (TPSA) is 53.4 Å². The molecule has 0 radical (unpaired) electrons. The molecule has 0 aromatic carbocycles. The lowest BCUT2D eigenvalue weighted by molar-refractivity contribution is -0.145. The van der Waals surface area contributed by atoms with Gasteiger partial charge in [-0.15, -0.1) is 24.8 Å². The molecule has 0 spiro atoms. The van der Waals surface area contributed by atoms with Gasteiger partial charge < -0.3 is 10.2 Å². The molecule has 156 valence electrons. The van der Waals surface area contributed by atoms with Crippen molar-refractivity contribution in [1.29, 1.82) is 0 Å². The Labute approximate surface area is 175 Å². The Morgan fingerprint density at radius 1 is 1.11 bits per heavy atom. The Hall–Kier alpha value is -0.820. The molecule has 0 bridgehead atoms. The summed E-state index contributed by atoms with van der Waals surface area (Å²) in [5.41, 5.74) is -0.130. The molecule has 3 rings (SSSR count). The van der Waals surface area contributed by atoms with Crippen LogP contribution < -0.4 is 5.32 Å². The number of piperidine rings is 1. The zero-order chi connectivity index (χ0) is 17.9. The standard InChI is InChI=1S/C19H33N5O.2ClH/c1-18(2,3)7-12-22-13-15-23(16-14-22)17(25)19(5-9-20-10-6-19)24-11-4-8-21-24;;/h4,8,11,20H,5-7,9-10,12-16H2,1-3H3;2*1H. The average Bonchev–Trinajstić information content (AvgIpc) is 3.15. The number of carbonyl (C=O) groups is 1. The highest BCUT2D eigenvalue weighted by Crippen LogP contribution is 2.30. The number of nitrogens with zero attached hydrogens (tertiary/aromatic N) is 4. The van der Waals surface area contributed by atoms with Crippen molar-refractivity contribution >= 4 is 30.7 Å². The van der Waals surface area contributed by atoms with E-state index in [1.165, 1.54) is 6.42 Å². The van der Waals surface area contributed by atoms with Crippen LogP contribution in [0.5, 0.6) is 0 Å². The van der Waals surface area contributed by atoms with Gasteiger partial charge in [0, 0.05) is 38.6 Å². The Balaban J connectivity index is 0.00000182. The smallest absolute Gasteiger partial charge is 0.250 e. The Bertz CT molecular complexity index is 559. The third kappa shape index (κ3) is 5.83. The van der Waals surface area contributed by atoms with Gasteiger partial charge in [0.2, 0.25) is 0 Å². The van der Waals surface area contributed by atoms with E-state index in [0.717, 1.165) is 58.7 Å². The van der Waals surface area contributed by atoms with E-state index in [1.54, 1.807) is 6.20 Å². The van der Waals surface area contributed by atoms with E-state index < -0.39 is 5.54 Å². The SMILES string of the molecule is CC(C)(C)CCN1CCN(C(=O)C2(n3cccn3)CCNCC2)CC1.Cl.Cl. The van der Waals surface area contributed by atoms with Gasteiger partial charge in [-0.05, 0) is 50.4 Å². The zero-order valence-electron chi connectivity index (χ0n) is 16.8. The third-order valence-electron chi connectivity index (χ3n) is 5.61. The Kier molecular flexibility index (Phi) is 9.06. The fourth-order valence-electron chi connectivity index (χ4n) is 3.87. The predicted octanol–water partition coefficient (Wildman–Crippen LogP) is 2.39. The summed E-state index contributed by atoms with van der Waals surface area (Å²) in [5, 5.41) is 7.81. The number of hydrogen-bond acceptors (Lipinski definition) is 4. The van der Waals surface area contributed by atoms with Gasteiger partial charge in [0.25, 0.3) is 5.91 Å². The summed E-state index contributed by atoms with van der Waals surface area (Å²) in [4.78, 5) is 18.0. The van der Waals surface area contributed by atoms with Crippen molar-refractivity contribution in [3.8, 4) is 0 Å². The number of aromatic nitrogens is 2. The van der Waals surface area contributed by atoms with Gasteiger partial charge in [0.1, 0.15) is 5.54 Å². The van der Waals surface area contributed by atoms with Crippen LogP contribution in [0.25, 0.3) is 0 Å². The lowest BCUT2D eigenvalue weighted by Gasteiger charge is -2.43.